The monoisotopic (exact) mass is 173 g/mol. The maximum Gasteiger partial charge on any atom is 0.0428 e. The molecule has 0 aliphatic carbocycles. The van der Waals surface area contributed by atoms with Gasteiger partial charge in [-0.25, -0.2) is 0 Å². The van der Waals surface area contributed by atoms with Crippen molar-refractivity contribution in [2.45, 2.75) is 32.6 Å². The second-order valence-corrected chi connectivity index (χ2v) is 2.97. The largest absolute Gasteiger partial charge is 0.318 e. The van der Waals surface area contributed by atoms with Crippen LogP contribution < -0.4 is 16.4 Å². The van der Waals surface area contributed by atoms with Gasteiger partial charge in [0.15, 0.2) is 0 Å². The second kappa shape index (κ2) is 10.9. The molecule has 3 heteroatoms. The van der Waals surface area contributed by atoms with Crippen molar-refractivity contribution < 1.29 is 0 Å². The Morgan fingerprint density at radius 1 is 0.917 bits per heavy atom. The van der Waals surface area contributed by atoms with Gasteiger partial charge in [-0.1, -0.05) is 19.8 Å². The molecule has 0 saturated heterocycles. The van der Waals surface area contributed by atoms with E-state index >= 15 is 0 Å². The number of hydrogen-bond donors (Lipinski definition) is 3. The lowest BCUT2D eigenvalue weighted by Gasteiger charge is -2.02. The zero-order chi connectivity index (χ0) is 9.07. The molecular formula is C9H23N3. The van der Waals surface area contributed by atoms with Gasteiger partial charge in [0, 0.05) is 6.67 Å². The van der Waals surface area contributed by atoms with E-state index in [-0.39, 0.29) is 0 Å². The average Bonchev–Trinajstić information content (AvgIpc) is 2.10. The molecule has 0 aromatic heterocycles. The topological polar surface area (TPSA) is 50.1 Å². The van der Waals surface area contributed by atoms with Crippen LogP contribution in [0.1, 0.15) is 32.6 Å². The summed E-state index contributed by atoms with van der Waals surface area (Å²) in [4.78, 5) is 0. The highest BCUT2D eigenvalue weighted by Gasteiger charge is 1.88. The van der Waals surface area contributed by atoms with Gasteiger partial charge in [0.25, 0.3) is 0 Å². The highest BCUT2D eigenvalue weighted by atomic mass is 14.9. The lowest BCUT2D eigenvalue weighted by atomic mass is 10.2. The summed E-state index contributed by atoms with van der Waals surface area (Å²) in [6.45, 7) is 6.08. The van der Waals surface area contributed by atoms with Crippen molar-refractivity contribution in [2.24, 2.45) is 5.73 Å². The molecule has 0 radical (unpaired) electrons. The zero-order valence-corrected chi connectivity index (χ0v) is 8.23. The normalized spacial score (nSPS) is 10.5. The molecule has 0 fully saturated rings. The van der Waals surface area contributed by atoms with Crippen molar-refractivity contribution in [1.29, 1.82) is 0 Å². The van der Waals surface area contributed by atoms with Crippen LogP contribution >= 0.6 is 0 Å². The first kappa shape index (κ1) is 11.9. The molecule has 0 bridgehead atoms. The maximum absolute atomic E-state index is 5.29. The number of nitrogens with one attached hydrogen (secondary N) is 2. The van der Waals surface area contributed by atoms with E-state index in [1.807, 2.05) is 0 Å². The minimum absolute atomic E-state index is 0.609. The Kier molecular flexibility index (Phi) is 10.8. The number of unbranched alkanes of at least 4 members (excludes halogenated alkanes) is 3. The molecule has 0 aliphatic rings. The SMILES string of the molecule is CCNCCCCCCNCN. The van der Waals surface area contributed by atoms with Gasteiger partial charge in [0.05, 0.1) is 0 Å². The van der Waals surface area contributed by atoms with Crippen LogP contribution in [-0.4, -0.2) is 26.3 Å². The van der Waals surface area contributed by atoms with Crippen molar-refractivity contribution in [2.75, 3.05) is 26.3 Å². The third-order valence-electron chi connectivity index (χ3n) is 1.85. The fraction of sp³-hybridized carbons (Fsp3) is 1.00. The molecule has 0 aromatic carbocycles. The Morgan fingerprint density at radius 2 is 1.50 bits per heavy atom. The molecule has 4 N–H and O–H groups in total. The zero-order valence-electron chi connectivity index (χ0n) is 8.23. The van der Waals surface area contributed by atoms with Gasteiger partial charge in [-0.2, -0.15) is 0 Å². The molecule has 0 aliphatic heterocycles. The molecule has 0 aromatic rings. The summed E-state index contributed by atoms with van der Waals surface area (Å²) < 4.78 is 0. The van der Waals surface area contributed by atoms with E-state index in [0.29, 0.717) is 6.67 Å². The summed E-state index contributed by atoms with van der Waals surface area (Å²) in [7, 11) is 0. The van der Waals surface area contributed by atoms with Crippen molar-refractivity contribution in [3.8, 4) is 0 Å². The number of hydrogen-bond acceptors (Lipinski definition) is 3. The second-order valence-electron chi connectivity index (χ2n) is 2.97. The van der Waals surface area contributed by atoms with E-state index in [1.54, 1.807) is 0 Å². The van der Waals surface area contributed by atoms with Crippen LogP contribution in [0.3, 0.4) is 0 Å². The molecule has 0 atom stereocenters. The fourth-order valence-corrected chi connectivity index (χ4v) is 1.13. The third kappa shape index (κ3) is 9.88. The quantitative estimate of drug-likeness (QED) is 0.355. The Hall–Kier alpha value is -0.120. The molecule has 74 valence electrons. The van der Waals surface area contributed by atoms with E-state index < -0.39 is 0 Å². The Morgan fingerprint density at radius 3 is 2.00 bits per heavy atom. The standard InChI is InChI=1S/C9H23N3/c1-2-11-7-5-3-4-6-8-12-9-10/h11-12H,2-10H2,1H3. The number of nitrogens with two attached hydrogens (primary N) is 1. The first-order valence-corrected chi connectivity index (χ1v) is 5.03. The summed E-state index contributed by atoms with van der Waals surface area (Å²) in [6, 6.07) is 0. The summed E-state index contributed by atoms with van der Waals surface area (Å²) >= 11 is 0. The minimum Gasteiger partial charge on any atom is -0.318 e. The lowest BCUT2D eigenvalue weighted by Crippen LogP contribution is -2.23. The van der Waals surface area contributed by atoms with Crippen molar-refractivity contribution in [1.82, 2.24) is 10.6 Å². The fourth-order valence-electron chi connectivity index (χ4n) is 1.13. The first-order valence-electron chi connectivity index (χ1n) is 5.03. The van der Waals surface area contributed by atoms with Crippen LogP contribution in [0.2, 0.25) is 0 Å². The van der Waals surface area contributed by atoms with Crippen LogP contribution in [0.25, 0.3) is 0 Å². The van der Waals surface area contributed by atoms with Gasteiger partial charge in [-0.15, -0.1) is 0 Å². The molecule has 0 amide bonds. The van der Waals surface area contributed by atoms with E-state index in [4.69, 9.17) is 5.73 Å². The van der Waals surface area contributed by atoms with Crippen LogP contribution in [-0.2, 0) is 0 Å². The van der Waals surface area contributed by atoms with Gasteiger partial charge in [-0.3, -0.25) is 0 Å². The summed E-state index contributed by atoms with van der Waals surface area (Å²) in [6.07, 6.45) is 5.21. The summed E-state index contributed by atoms with van der Waals surface area (Å²) in [5.41, 5.74) is 5.29. The van der Waals surface area contributed by atoms with Gasteiger partial charge in [-0.05, 0) is 32.5 Å². The van der Waals surface area contributed by atoms with Crippen LogP contribution in [0.5, 0.6) is 0 Å². The van der Waals surface area contributed by atoms with Crippen LogP contribution in [0, 0.1) is 0 Å². The molecule has 0 saturated carbocycles. The molecule has 0 rings (SSSR count). The molecule has 0 spiro atoms. The summed E-state index contributed by atoms with van der Waals surface area (Å²) in [5, 5.41) is 6.43. The van der Waals surface area contributed by atoms with E-state index in [2.05, 4.69) is 17.6 Å². The van der Waals surface area contributed by atoms with Gasteiger partial charge >= 0.3 is 0 Å². The highest BCUT2D eigenvalue weighted by molar-refractivity contribution is 4.48. The van der Waals surface area contributed by atoms with Crippen LogP contribution in [0.4, 0.5) is 0 Å². The average molecular weight is 173 g/mol. The molecule has 0 heterocycles. The molecule has 0 unspecified atom stereocenters. The third-order valence-corrected chi connectivity index (χ3v) is 1.85. The van der Waals surface area contributed by atoms with Crippen molar-refractivity contribution >= 4 is 0 Å². The maximum atomic E-state index is 5.29. The van der Waals surface area contributed by atoms with E-state index in [0.717, 1.165) is 13.1 Å². The predicted molar refractivity (Wildman–Crippen MR) is 54.1 cm³/mol. The molecular weight excluding hydrogens is 150 g/mol. The highest BCUT2D eigenvalue weighted by Crippen LogP contribution is 1.97. The van der Waals surface area contributed by atoms with Crippen molar-refractivity contribution in [3.63, 3.8) is 0 Å². The van der Waals surface area contributed by atoms with Gasteiger partial charge in [0.2, 0.25) is 0 Å². The smallest absolute Gasteiger partial charge is 0.0428 e. The van der Waals surface area contributed by atoms with Crippen molar-refractivity contribution in [3.05, 3.63) is 0 Å². The number of rotatable bonds is 9. The summed E-state index contributed by atoms with van der Waals surface area (Å²) in [5.74, 6) is 0. The van der Waals surface area contributed by atoms with E-state index in [9.17, 15) is 0 Å². The van der Waals surface area contributed by atoms with E-state index in [1.165, 1.54) is 32.2 Å². The Balaban J connectivity index is 2.73. The Bertz CT molecular complexity index is 66.2. The lowest BCUT2D eigenvalue weighted by molar-refractivity contribution is 0.573. The predicted octanol–water partition coefficient (Wildman–Crippen LogP) is 0.662. The molecule has 3 nitrogen and oxygen atoms in total. The molecule has 12 heavy (non-hydrogen) atoms. The minimum atomic E-state index is 0.609. The Labute approximate surface area is 76.1 Å². The van der Waals surface area contributed by atoms with Crippen LogP contribution in [0.15, 0.2) is 0 Å². The van der Waals surface area contributed by atoms with Gasteiger partial charge < -0.3 is 16.4 Å². The van der Waals surface area contributed by atoms with Gasteiger partial charge in [0.1, 0.15) is 0 Å². The first-order chi connectivity index (χ1) is 5.91.